The fourth-order valence-electron chi connectivity index (χ4n) is 0.0913. The van der Waals surface area contributed by atoms with Gasteiger partial charge in [-0.25, -0.2) is 0 Å². The van der Waals surface area contributed by atoms with Crippen molar-refractivity contribution >= 4 is 0 Å². The molecule has 0 amide bonds. The van der Waals surface area contributed by atoms with Crippen LogP contribution in [0.4, 0.5) is 0 Å². The zero-order valence-corrected chi connectivity index (χ0v) is 4.94. The summed E-state index contributed by atoms with van der Waals surface area (Å²) in [5.41, 5.74) is 0. The minimum Gasteiger partial charge on any atom is -0.344 e. The molecule has 0 spiro atoms. The van der Waals surface area contributed by atoms with Gasteiger partial charge in [-0.2, -0.15) is 5.26 Å². The van der Waals surface area contributed by atoms with Gasteiger partial charge in [-0.15, -0.1) is 0 Å². The summed E-state index contributed by atoms with van der Waals surface area (Å²) in [6, 6.07) is 2.11. The lowest BCUT2D eigenvalue weighted by molar-refractivity contribution is 0.713. The summed E-state index contributed by atoms with van der Waals surface area (Å²) in [6.45, 7) is 3.92. The first-order valence-corrected chi connectivity index (χ1v) is 2.20. The zero-order chi connectivity index (χ0) is 4.99. The molecule has 7 heavy (non-hydrogen) atoms. The first kappa shape index (κ1) is 9.67. The first-order valence-electron chi connectivity index (χ1n) is 2.20. The van der Waals surface area contributed by atoms with Crippen LogP contribution in [0.2, 0.25) is 0 Å². The highest BCUT2D eigenvalue weighted by molar-refractivity contribution is 4.76. The summed E-state index contributed by atoms with van der Waals surface area (Å²) in [4.78, 5) is 0. The molecule has 0 saturated carbocycles. The lowest BCUT2D eigenvalue weighted by Crippen LogP contribution is -1.81. The number of hydrogen-bond acceptors (Lipinski definition) is 2. The minimum atomic E-state index is 0. The van der Waals surface area contributed by atoms with Gasteiger partial charge in [0.15, 0.2) is 0 Å². The van der Waals surface area contributed by atoms with Gasteiger partial charge in [-0.3, -0.25) is 0 Å². The van der Waals surface area contributed by atoms with Gasteiger partial charge in [0.25, 0.3) is 0 Å². The van der Waals surface area contributed by atoms with Crippen LogP contribution in [-0.2, 0) is 0 Å². The molecule has 0 aromatic heterocycles. The summed E-state index contributed by atoms with van der Waals surface area (Å²) >= 11 is 0. The van der Waals surface area contributed by atoms with Crippen molar-refractivity contribution in [3.05, 3.63) is 0 Å². The maximum absolute atomic E-state index is 8.08. The maximum atomic E-state index is 8.08. The van der Waals surface area contributed by atoms with Crippen LogP contribution in [0.15, 0.2) is 0 Å². The van der Waals surface area contributed by atoms with E-state index in [1.807, 2.05) is 13.8 Å². The molecule has 0 rings (SSSR count). The summed E-state index contributed by atoms with van der Waals surface area (Å²) in [6.07, 6.45) is 0.969. The first-order chi connectivity index (χ1) is 2.81. The van der Waals surface area contributed by atoms with Crippen LogP contribution < -0.4 is 6.15 Å². The van der Waals surface area contributed by atoms with Crippen LogP contribution in [0.25, 0.3) is 0 Å². The Hall–Kier alpha value is -0.550. The molecule has 0 aliphatic carbocycles. The molecule has 42 valence electrons. The molecular formula is C5H12N2. The normalized spacial score (nSPS) is 11.0. The number of hydrogen-bond donors (Lipinski definition) is 1. The number of nitrogens with zero attached hydrogens (tertiary/aromatic N) is 1. The van der Waals surface area contributed by atoms with E-state index >= 15 is 0 Å². The summed E-state index contributed by atoms with van der Waals surface area (Å²) in [5, 5.41) is 8.08. The SMILES string of the molecule is CCC(C)C#N.N. The van der Waals surface area contributed by atoms with E-state index < -0.39 is 0 Å². The highest BCUT2D eigenvalue weighted by Gasteiger charge is 1.88. The summed E-state index contributed by atoms with van der Waals surface area (Å²) in [7, 11) is 0. The Morgan fingerprint density at radius 1 is 1.71 bits per heavy atom. The van der Waals surface area contributed by atoms with Crippen molar-refractivity contribution in [2.45, 2.75) is 20.3 Å². The predicted molar refractivity (Wildman–Crippen MR) is 30.1 cm³/mol. The van der Waals surface area contributed by atoms with Gasteiger partial charge >= 0.3 is 0 Å². The Morgan fingerprint density at radius 3 is 2.14 bits per heavy atom. The van der Waals surface area contributed by atoms with Gasteiger partial charge in [-0.05, 0) is 13.3 Å². The van der Waals surface area contributed by atoms with Crippen LogP contribution in [-0.4, -0.2) is 0 Å². The topological polar surface area (TPSA) is 58.8 Å². The van der Waals surface area contributed by atoms with Crippen molar-refractivity contribution < 1.29 is 0 Å². The molecule has 0 aliphatic rings. The highest BCUT2D eigenvalue weighted by atomic mass is 14.2. The molecule has 0 radical (unpaired) electrons. The van der Waals surface area contributed by atoms with E-state index in [1.54, 1.807) is 0 Å². The zero-order valence-electron chi connectivity index (χ0n) is 4.94. The van der Waals surface area contributed by atoms with Crippen LogP contribution in [0.3, 0.4) is 0 Å². The molecule has 1 unspecified atom stereocenters. The molecule has 2 heteroatoms. The van der Waals surface area contributed by atoms with E-state index in [2.05, 4.69) is 6.07 Å². The molecule has 2 nitrogen and oxygen atoms in total. The Labute approximate surface area is 44.7 Å². The van der Waals surface area contributed by atoms with Crippen LogP contribution >= 0.6 is 0 Å². The smallest absolute Gasteiger partial charge is 0.0652 e. The standard InChI is InChI=1S/C5H9N.H3N/c1-3-5(2)4-6;/h5H,3H2,1-2H3;1H3. The predicted octanol–water partition coefficient (Wildman–Crippen LogP) is 1.72. The molecule has 0 saturated heterocycles. The fourth-order valence-corrected chi connectivity index (χ4v) is 0.0913. The minimum absolute atomic E-state index is 0. The maximum Gasteiger partial charge on any atom is 0.0652 e. The van der Waals surface area contributed by atoms with E-state index in [0.29, 0.717) is 0 Å². The summed E-state index contributed by atoms with van der Waals surface area (Å²) in [5.74, 6) is 0.241. The molecule has 3 N–H and O–H groups in total. The van der Waals surface area contributed by atoms with Crippen molar-refractivity contribution in [2.75, 3.05) is 0 Å². The highest BCUT2D eigenvalue weighted by Crippen LogP contribution is 1.94. The van der Waals surface area contributed by atoms with Gasteiger partial charge in [-0.1, -0.05) is 6.92 Å². The van der Waals surface area contributed by atoms with E-state index in [9.17, 15) is 0 Å². The second-order valence-electron chi connectivity index (χ2n) is 1.44. The molecule has 1 atom stereocenters. The van der Waals surface area contributed by atoms with Gasteiger partial charge < -0.3 is 6.15 Å². The van der Waals surface area contributed by atoms with Crippen molar-refractivity contribution in [2.24, 2.45) is 5.92 Å². The number of nitriles is 1. The molecule has 0 fully saturated rings. The fraction of sp³-hybridized carbons (Fsp3) is 0.800. The van der Waals surface area contributed by atoms with Gasteiger partial charge in [0.05, 0.1) is 6.07 Å². The lowest BCUT2D eigenvalue weighted by atomic mass is 10.2. The summed E-state index contributed by atoms with van der Waals surface area (Å²) < 4.78 is 0. The molecule has 0 aromatic carbocycles. The Balaban J connectivity index is 0. The Bertz CT molecular complexity index is 63.0. The largest absolute Gasteiger partial charge is 0.344 e. The number of rotatable bonds is 1. The van der Waals surface area contributed by atoms with E-state index in [-0.39, 0.29) is 12.1 Å². The second kappa shape index (κ2) is 5.45. The van der Waals surface area contributed by atoms with Crippen molar-refractivity contribution in [3.8, 4) is 6.07 Å². The third-order valence-corrected chi connectivity index (χ3v) is 0.833. The van der Waals surface area contributed by atoms with Crippen LogP contribution in [0, 0.1) is 17.2 Å². The third-order valence-electron chi connectivity index (χ3n) is 0.833. The molecule has 0 bridgehead atoms. The van der Waals surface area contributed by atoms with Crippen molar-refractivity contribution in [1.82, 2.24) is 6.15 Å². The van der Waals surface area contributed by atoms with Gasteiger partial charge in [0.1, 0.15) is 0 Å². The Kier molecular flexibility index (Phi) is 7.53. The molecule has 0 heterocycles. The average Bonchev–Trinajstić information content (AvgIpc) is 1.65. The van der Waals surface area contributed by atoms with Crippen molar-refractivity contribution in [3.63, 3.8) is 0 Å². The van der Waals surface area contributed by atoms with E-state index in [4.69, 9.17) is 5.26 Å². The van der Waals surface area contributed by atoms with E-state index in [0.717, 1.165) is 6.42 Å². The van der Waals surface area contributed by atoms with Gasteiger partial charge in [0, 0.05) is 5.92 Å². The second-order valence-corrected chi connectivity index (χ2v) is 1.44. The van der Waals surface area contributed by atoms with E-state index in [1.165, 1.54) is 0 Å². The van der Waals surface area contributed by atoms with Crippen molar-refractivity contribution in [1.29, 1.82) is 5.26 Å². The monoisotopic (exact) mass is 100 g/mol. The van der Waals surface area contributed by atoms with Crippen LogP contribution in [0.5, 0.6) is 0 Å². The molecule has 0 aromatic rings. The Morgan fingerprint density at radius 2 is 2.14 bits per heavy atom. The average molecular weight is 100 g/mol. The van der Waals surface area contributed by atoms with Crippen LogP contribution in [0.1, 0.15) is 20.3 Å². The quantitative estimate of drug-likeness (QED) is 0.545. The molecule has 0 aliphatic heterocycles. The van der Waals surface area contributed by atoms with Gasteiger partial charge in [0.2, 0.25) is 0 Å². The molecular weight excluding hydrogens is 88.1 g/mol. The lowest BCUT2D eigenvalue weighted by Gasteiger charge is -1.87. The third kappa shape index (κ3) is 5.45.